The van der Waals surface area contributed by atoms with E-state index in [1.807, 2.05) is 0 Å². The molecular weight excluding hydrogens is 340 g/mol. The van der Waals surface area contributed by atoms with Gasteiger partial charge in [0.05, 0.1) is 37.8 Å². The van der Waals surface area contributed by atoms with Crippen molar-refractivity contribution in [2.75, 3.05) is 20.8 Å². The number of hydrogen-bond donors (Lipinski definition) is 2. The van der Waals surface area contributed by atoms with Crippen molar-refractivity contribution in [3.05, 3.63) is 30.1 Å². The number of aromatic nitrogens is 2. The van der Waals surface area contributed by atoms with Gasteiger partial charge < -0.3 is 9.84 Å². The number of likely N-dealkylation sites (tertiary alicyclic amines) is 1. The van der Waals surface area contributed by atoms with Crippen LogP contribution in [0.25, 0.3) is 0 Å². The Morgan fingerprint density at radius 3 is 2.77 bits per heavy atom. The highest BCUT2D eigenvalue weighted by Gasteiger charge is 2.68. The van der Waals surface area contributed by atoms with Crippen molar-refractivity contribution >= 4 is 17.8 Å². The summed E-state index contributed by atoms with van der Waals surface area (Å²) in [6.45, 7) is 5.28. The Bertz CT molecular complexity index is 788. The molecule has 0 radical (unpaired) electrons. The Morgan fingerprint density at radius 2 is 2.19 bits per heavy atom. The third-order valence-electron chi connectivity index (χ3n) is 5.31. The summed E-state index contributed by atoms with van der Waals surface area (Å²) >= 11 is 0. The number of amides is 2. The Labute approximate surface area is 150 Å². The highest BCUT2D eigenvalue weighted by Crippen LogP contribution is 2.49. The number of aliphatic hydroxyl groups is 1. The number of aryl methyl sites for hydroxylation is 1. The topological polar surface area (TPSA) is 114 Å². The standard InChI is InChI=1S/C17H22N4O5/c1-5-6-21-7-10(9(2)19-21)13-11-12(15(24)20(3)14(11)23)17(8-22,18-13)16(25)26-4/h5,7,11-13,18,22H,1,6,8H2,2-4H3/t11-,12-,13-,17-/m1/s1. The van der Waals surface area contributed by atoms with E-state index in [-0.39, 0.29) is 0 Å². The number of esters is 1. The van der Waals surface area contributed by atoms with Crippen molar-refractivity contribution in [3.8, 4) is 0 Å². The Kier molecular flexibility index (Phi) is 4.45. The van der Waals surface area contributed by atoms with Gasteiger partial charge in [-0.2, -0.15) is 5.10 Å². The molecule has 3 rings (SSSR count). The molecule has 2 aliphatic rings. The molecule has 2 aliphatic heterocycles. The van der Waals surface area contributed by atoms with E-state index in [9.17, 15) is 19.5 Å². The fourth-order valence-electron chi connectivity index (χ4n) is 4.06. The van der Waals surface area contributed by atoms with E-state index in [0.29, 0.717) is 17.8 Å². The van der Waals surface area contributed by atoms with Gasteiger partial charge in [-0.05, 0) is 6.92 Å². The summed E-state index contributed by atoms with van der Waals surface area (Å²) in [4.78, 5) is 38.9. The summed E-state index contributed by atoms with van der Waals surface area (Å²) in [7, 11) is 2.57. The van der Waals surface area contributed by atoms with Crippen molar-refractivity contribution in [2.45, 2.75) is 25.0 Å². The summed E-state index contributed by atoms with van der Waals surface area (Å²) in [5, 5.41) is 17.4. The van der Waals surface area contributed by atoms with Crippen molar-refractivity contribution in [1.82, 2.24) is 20.0 Å². The molecule has 0 spiro atoms. The number of allylic oxidation sites excluding steroid dienone is 1. The second-order valence-electron chi connectivity index (χ2n) is 6.66. The van der Waals surface area contributed by atoms with Crippen LogP contribution in [0.5, 0.6) is 0 Å². The molecule has 0 aromatic carbocycles. The quantitative estimate of drug-likeness (QED) is 0.399. The normalized spacial score (nSPS) is 30.6. The number of fused-ring (bicyclic) bond motifs is 1. The second kappa shape index (κ2) is 6.33. The number of hydrogen-bond acceptors (Lipinski definition) is 7. The van der Waals surface area contributed by atoms with Crippen LogP contribution in [0.15, 0.2) is 18.9 Å². The average molecular weight is 362 g/mol. The molecule has 26 heavy (non-hydrogen) atoms. The van der Waals surface area contributed by atoms with E-state index in [2.05, 4.69) is 17.0 Å². The first-order valence-electron chi connectivity index (χ1n) is 8.25. The molecule has 4 atom stereocenters. The van der Waals surface area contributed by atoms with Gasteiger partial charge in [0.25, 0.3) is 0 Å². The van der Waals surface area contributed by atoms with Gasteiger partial charge in [0, 0.05) is 24.8 Å². The molecule has 1 aromatic rings. The number of nitrogens with one attached hydrogen (secondary N) is 1. The first-order chi connectivity index (χ1) is 12.3. The number of carbonyl (C=O) groups is 3. The summed E-state index contributed by atoms with van der Waals surface area (Å²) in [5.74, 6) is -3.54. The molecule has 0 saturated carbocycles. The van der Waals surface area contributed by atoms with Crippen LogP contribution < -0.4 is 5.32 Å². The smallest absolute Gasteiger partial charge is 0.329 e. The molecule has 0 aliphatic carbocycles. The fraction of sp³-hybridized carbons (Fsp3) is 0.529. The van der Waals surface area contributed by atoms with E-state index in [0.717, 1.165) is 4.90 Å². The average Bonchev–Trinajstić information content (AvgIpc) is 3.23. The van der Waals surface area contributed by atoms with Crippen LogP contribution in [0.2, 0.25) is 0 Å². The van der Waals surface area contributed by atoms with Gasteiger partial charge in [-0.25, -0.2) is 4.79 Å². The largest absolute Gasteiger partial charge is 0.468 e. The minimum Gasteiger partial charge on any atom is -0.468 e. The van der Waals surface area contributed by atoms with Gasteiger partial charge in [0.1, 0.15) is 0 Å². The van der Waals surface area contributed by atoms with Crippen LogP contribution in [0.1, 0.15) is 17.3 Å². The van der Waals surface area contributed by atoms with E-state index in [1.165, 1.54) is 14.2 Å². The maximum Gasteiger partial charge on any atom is 0.329 e. The van der Waals surface area contributed by atoms with Gasteiger partial charge >= 0.3 is 5.97 Å². The summed E-state index contributed by atoms with van der Waals surface area (Å²) in [5.41, 5.74) is -0.316. The number of aliphatic hydroxyl groups excluding tert-OH is 1. The van der Waals surface area contributed by atoms with Crippen LogP contribution in [0, 0.1) is 18.8 Å². The molecule has 9 nitrogen and oxygen atoms in total. The van der Waals surface area contributed by atoms with Gasteiger partial charge in [0.2, 0.25) is 11.8 Å². The molecule has 2 saturated heterocycles. The maximum absolute atomic E-state index is 12.7. The molecule has 2 fully saturated rings. The first-order valence-corrected chi connectivity index (χ1v) is 8.25. The Morgan fingerprint density at radius 1 is 1.50 bits per heavy atom. The van der Waals surface area contributed by atoms with Crippen LogP contribution >= 0.6 is 0 Å². The van der Waals surface area contributed by atoms with Gasteiger partial charge in [0.15, 0.2) is 5.54 Å². The minimum atomic E-state index is -1.67. The second-order valence-corrected chi connectivity index (χ2v) is 6.66. The maximum atomic E-state index is 12.7. The van der Waals surface area contributed by atoms with Gasteiger partial charge in [-0.3, -0.25) is 24.5 Å². The Balaban J connectivity index is 2.13. The molecule has 0 unspecified atom stereocenters. The third-order valence-corrected chi connectivity index (χ3v) is 5.31. The lowest BCUT2D eigenvalue weighted by atomic mass is 9.79. The van der Waals surface area contributed by atoms with Crippen LogP contribution in [0.4, 0.5) is 0 Å². The van der Waals surface area contributed by atoms with Gasteiger partial charge in [-0.15, -0.1) is 6.58 Å². The molecule has 9 heteroatoms. The summed E-state index contributed by atoms with van der Waals surface area (Å²) in [6.07, 6.45) is 3.44. The lowest BCUT2D eigenvalue weighted by Gasteiger charge is -2.29. The molecular formula is C17H22N4O5. The number of imide groups is 1. The van der Waals surface area contributed by atoms with Crippen LogP contribution in [-0.2, 0) is 25.7 Å². The molecule has 2 amide bonds. The van der Waals surface area contributed by atoms with E-state index >= 15 is 0 Å². The third kappa shape index (κ3) is 2.31. The number of nitrogens with zero attached hydrogens (tertiary/aromatic N) is 3. The summed E-state index contributed by atoms with van der Waals surface area (Å²) in [6, 6.07) is -0.647. The number of carbonyl (C=O) groups excluding carboxylic acids is 3. The van der Waals surface area contributed by atoms with Crippen molar-refractivity contribution in [2.24, 2.45) is 11.8 Å². The van der Waals surface area contributed by atoms with Crippen molar-refractivity contribution in [1.29, 1.82) is 0 Å². The minimum absolute atomic E-state index is 0.396. The SMILES string of the molecule is C=CCn1cc([C@H]2N[C@@](CO)(C(=O)OC)[C@H]3C(=O)N(C)C(=O)[C@@H]23)c(C)n1. The highest BCUT2D eigenvalue weighted by molar-refractivity contribution is 6.09. The highest BCUT2D eigenvalue weighted by atomic mass is 16.5. The molecule has 140 valence electrons. The van der Waals surface area contributed by atoms with E-state index in [4.69, 9.17) is 4.74 Å². The van der Waals surface area contributed by atoms with Gasteiger partial charge in [-0.1, -0.05) is 6.08 Å². The number of ether oxygens (including phenoxy) is 1. The molecule has 0 bridgehead atoms. The monoisotopic (exact) mass is 362 g/mol. The van der Waals surface area contributed by atoms with E-state index < -0.39 is 47.8 Å². The number of methoxy groups -OCH3 is 1. The predicted molar refractivity (Wildman–Crippen MR) is 89.6 cm³/mol. The van der Waals surface area contributed by atoms with Crippen LogP contribution in [-0.4, -0.2) is 63.9 Å². The zero-order chi connectivity index (χ0) is 19.2. The lowest BCUT2D eigenvalue weighted by molar-refractivity contribution is -0.156. The fourth-order valence-corrected chi connectivity index (χ4v) is 4.06. The summed E-state index contributed by atoms with van der Waals surface area (Å²) < 4.78 is 6.50. The molecule has 2 N–H and O–H groups in total. The zero-order valence-electron chi connectivity index (χ0n) is 14.9. The van der Waals surface area contributed by atoms with Crippen molar-refractivity contribution < 1.29 is 24.2 Å². The predicted octanol–water partition coefficient (Wildman–Crippen LogP) is -0.843. The zero-order valence-corrected chi connectivity index (χ0v) is 14.9. The number of rotatable bonds is 5. The van der Waals surface area contributed by atoms with Crippen LogP contribution in [0.3, 0.4) is 0 Å². The molecule has 1 aromatic heterocycles. The Hall–Kier alpha value is -2.52. The van der Waals surface area contributed by atoms with Crippen molar-refractivity contribution in [3.63, 3.8) is 0 Å². The van der Waals surface area contributed by atoms with E-state index in [1.54, 1.807) is 23.9 Å². The molecule has 3 heterocycles. The lowest BCUT2D eigenvalue weighted by Crippen LogP contribution is -2.58. The first kappa shape index (κ1) is 18.3.